The monoisotopic (exact) mass is 570 g/mol. The number of Topliss-reactive ketones (excluding diaryl/α,β-unsaturated/α-hetero) is 1. The second-order valence-corrected chi connectivity index (χ2v) is 9.65. The number of benzene rings is 3. The summed E-state index contributed by atoms with van der Waals surface area (Å²) in [7, 11) is 5.83. The Labute approximate surface area is 242 Å². The summed E-state index contributed by atoms with van der Waals surface area (Å²) < 4.78 is 20.8. The molecule has 1 fully saturated rings. The minimum Gasteiger partial charge on any atom is -0.507 e. The lowest BCUT2D eigenvalue weighted by Crippen LogP contribution is -2.31. The molecule has 4 aromatic rings. The number of methoxy groups -OCH3 is 4. The van der Waals surface area contributed by atoms with E-state index in [4.69, 9.17) is 18.9 Å². The van der Waals surface area contributed by atoms with Gasteiger partial charge in [0.25, 0.3) is 11.7 Å². The van der Waals surface area contributed by atoms with Crippen molar-refractivity contribution in [3.63, 3.8) is 0 Å². The van der Waals surface area contributed by atoms with E-state index >= 15 is 0 Å². The second kappa shape index (κ2) is 11.7. The molecular weight excluding hydrogens is 540 g/mol. The predicted molar refractivity (Wildman–Crippen MR) is 155 cm³/mol. The number of ether oxygens (including phenoxy) is 4. The lowest BCUT2D eigenvalue weighted by molar-refractivity contribution is -0.139. The van der Waals surface area contributed by atoms with Crippen LogP contribution in [0, 0.1) is 0 Å². The van der Waals surface area contributed by atoms with Crippen molar-refractivity contribution in [2.75, 3.05) is 35.0 Å². The van der Waals surface area contributed by atoms with Crippen molar-refractivity contribution in [2.24, 2.45) is 0 Å². The predicted octanol–water partition coefficient (Wildman–Crippen LogP) is 4.64. The highest BCUT2D eigenvalue weighted by Gasteiger charge is 2.46. The van der Waals surface area contributed by atoms with E-state index < -0.39 is 23.7 Å². The number of aromatic nitrogens is 1. The third-order valence-electron chi connectivity index (χ3n) is 7.44. The van der Waals surface area contributed by atoms with Crippen molar-refractivity contribution in [2.45, 2.75) is 12.5 Å². The van der Waals surface area contributed by atoms with Gasteiger partial charge in [0.1, 0.15) is 11.5 Å². The number of nitrogens with one attached hydrogen (secondary N) is 1. The van der Waals surface area contributed by atoms with Crippen molar-refractivity contribution < 1.29 is 38.4 Å². The lowest BCUT2D eigenvalue weighted by atomic mass is 9.94. The number of H-pyrrole nitrogens is 1. The van der Waals surface area contributed by atoms with E-state index in [1.165, 1.54) is 26.2 Å². The molecule has 216 valence electrons. The summed E-state index contributed by atoms with van der Waals surface area (Å²) >= 11 is 0. The van der Waals surface area contributed by atoms with Gasteiger partial charge in [-0.15, -0.1) is 0 Å². The molecular formula is C32H30N2O8. The summed E-state index contributed by atoms with van der Waals surface area (Å²) in [6.45, 7) is 0.181. The highest BCUT2D eigenvalue weighted by atomic mass is 16.5. The zero-order valence-electron chi connectivity index (χ0n) is 23.6. The number of aliphatic hydroxyl groups is 1. The topological polar surface area (TPSA) is 127 Å². The number of aromatic amines is 1. The maximum atomic E-state index is 13.5. The quantitative estimate of drug-likeness (QED) is 0.129. The average molecular weight is 571 g/mol. The normalized spacial score (nSPS) is 16.1. The van der Waals surface area contributed by atoms with Crippen LogP contribution in [0.1, 0.15) is 33.1 Å². The van der Waals surface area contributed by atoms with Gasteiger partial charge in [-0.25, -0.2) is 4.79 Å². The molecule has 3 aromatic carbocycles. The maximum absolute atomic E-state index is 13.5. The lowest BCUT2D eigenvalue weighted by Gasteiger charge is -2.25. The van der Waals surface area contributed by atoms with E-state index in [-0.39, 0.29) is 23.4 Å². The van der Waals surface area contributed by atoms with Gasteiger partial charge in [-0.1, -0.05) is 12.1 Å². The smallest absolute Gasteiger partial charge is 0.337 e. The summed E-state index contributed by atoms with van der Waals surface area (Å²) in [5.74, 6) is -0.929. The number of carbonyl (C=O) groups is 3. The van der Waals surface area contributed by atoms with E-state index in [0.29, 0.717) is 34.8 Å². The van der Waals surface area contributed by atoms with Crippen molar-refractivity contribution in [1.82, 2.24) is 9.88 Å². The van der Waals surface area contributed by atoms with Gasteiger partial charge in [-0.05, 0) is 66.1 Å². The fourth-order valence-electron chi connectivity index (χ4n) is 5.25. The highest BCUT2D eigenvalue weighted by Crippen LogP contribution is 2.41. The number of likely N-dealkylation sites (tertiary alicyclic amines) is 1. The van der Waals surface area contributed by atoms with Crippen LogP contribution in [0.3, 0.4) is 0 Å². The van der Waals surface area contributed by atoms with Gasteiger partial charge < -0.3 is 33.9 Å². The van der Waals surface area contributed by atoms with Gasteiger partial charge >= 0.3 is 5.97 Å². The van der Waals surface area contributed by atoms with Crippen molar-refractivity contribution in [1.29, 1.82) is 0 Å². The Balaban J connectivity index is 1.58. The third-order valence-corrected chi connectivity index (χ3v) is 7.44. The standard InChI is InChI=1S/C32H30N2O8/c1-39-22-10-11-24-23(16-22)21(17-33-24)13-14-34-28(18-5-7-19(8-6-18)32(38)42-4)27(30(36)31(34)37)29(35)20-9-12-25(40-2)26(15-20)41-3/h5-12,15-17,28,33,35H,13-14H2,1-4H3/t28-/m1/s1. The fourth-order valence-corrected chi connectivity index (χ4v) is 5.25. The average Bonchev–Trinajstić information content (AvgIpc) is 3.55. The first-order valence-corrected chi connectivity index (χ1v) is 13.1. The molecule has 1 aliphatic rings. The molecule has 1 saturated heterocycles. The number of hydrogen-bond acceptors (Lipinski definition) is 8. The number of esters is 1. The summed E-state index contributed by atoms with van der Waals surface area (Å²) in [5, 5.41) is 12.4. The molecule has 1 aliphatic heterocycles. The molecule has 42 heavy (non-hydrogen) atoms. The Kier molecular flexibility index (Phi) is 7.88. The number of nitrogens with zero attached hydrogens (tertiary/aromatic N) is 1. The Bertz CT molecular complexity index is 1700. The fraction of sp³-hybridized carbons (Fsp3) is 0.219. The van der Waals surface area contributed by atoms with Crippen LogP contribution >= 0.6 is 0 Å². The molecule has 1 amide bonds. The molecule has 0 aliphatic carbocycles. The summed E-state index contributed by atoms with van der Waals surface area (Å²) in [6, 6.07) is 15.9. The molecule has 5 rings (SSSR count). The van der Waals surface area contributed by atoms with Crippen LogP contribution < -0.4 is 14.2 Å². The van der Waals surface area contributed by atoms with E-state index in [9.17, 15) is 19.5 Å². The zero-order chi connectivity index (χ0) is 30.0. The first-order chi connectivity index (χ1) is 20.3. The van der Waals surface area contributed by atoms with Crippen molar-refractivity contribution >= 4 is 34.3 Å². The van der Waals surface area contributed by atoms with Gasteiger partial charge in [0.15, 0.2) is 11.5 Å². The first-order valence-electron chi connectivity index (χ1n) is 13.1. The Morgan fingerprint density at radius 2 is 1.60 bits per heavy atom. The molecule has 0 saturated carbocycles. The number of carbonyl (C=O) groups excluding carboxylic acids is 3. The van der Waals surface area contributed by atoms with Crippen LogP contribution in [0.2, 0.25) is 0 Å². The minimum absolute atomic E-state index is 0.0707. The third kappa shape index (κ3) is 5.03. The molecule has 10 nitrogen and oxygen atoms in total. The number of fused-ring (bicyclic) bond motifs is 1. The Morgan fingerprint density at radius 3 is 2.26 bits per heavy atom. The summed E-state index contributed by atoms with van der Waals surface area (Å²) in [5.41, 5.74) is 2.92. The highest BCUT2D eigenvalue weighted by molar-refractivity contribution is 6.46. The second-order valence-electron chi connectivity index (χ2n) is 9.65. The van der Waals surface area contributed by atoms with Gasteiger partial charge in [0.05, 0.1) is 45.6 Å². The number of amides is 1. The van der Waals surface area contributed by atoms with Crippen LogP contribution in [-0.4, -0.2) is 67.6 Å². The molecule has 2 heterocycles. The summed E-state index contributed by atoms with van der Waals surface area (Å²) in [6.07, 6.45) is 2.29. The van der Waals surface area contributed by atoms with Crippen LogP contribution in [-0.2, 0) is 20.7 Å². The van der Waals surface area contributed by atoms with Gasteiger partial charge in [0, 0.05) is 29.2 Å². The number of rotatable bonds is 9. The van der Waals surface area contributed by atoms with Crippen LogP contribution in [0.5, 0.6) is 17.2 Å². The molecule has 0 bridgehead atoms. The van der Waals surface area contributed by atoms with Crippen molar-refractivity contribution in [3.05, 3.63) is 94.7 Å². The van der Waals surface area contributed by atoms with E-state index in [1.807, 2.05) is 24.4 Å². The molecule has 0 spiro atoms. The van der Waals surface area contributed by atoms with Gasteiger partial charge in [-0.2, -0.15) is 0 Å². The number of aliphatic hydroxyl groups excluding tert-OH is 1. The van der Waals surface area contributed by atoms with Crippen molar-refractivity contribution in [3.8, 4) is 17.2 Å². The molecule has 0 radical (unpaired) electrons. The minimum atomic E-state index is -0.912. The Hall–Kier alpha value is -5.25. The number of ketones is 1. The van der Waals surface area contributed by atoms with E-state index in [0.717, 1.165) is 16.5 Å². The number of hydrogen-bond donors (Lipinski definition) is 2. The van der Waals surface area contributed by atoms with Crippen LogP contribution in [0.15, 0.2) is 72.4 Å². The van der Waals surface area contributed by atoms with Gasteiger partial charge in [0.2, 0.25) is 0 Å². The molecule has 2 N–H and O–H groups in total. The van der Waals surface area contributed by atoms with E-state index in [2.05, 4.69) is 4.98 Å². The van der Waals surface area contributed by atoms with Crippen LogP contribution in [0.25, 0.3) is 16.7 Å². The van der Waals surface area contributed by atoms with Gasteiger partial charge in [-0.3, -0.25) is 9.59 Å². The van der Waals surface area contributed by atoms with Crippen LogP contribution in [0.4, 0.5) is 0 Å². The zero-order valence-corrected chi connectivity index (χ0v) is 23.6. The summed E-state index contributed by atoms with van der Waals surface area (Å²) in [4.78, 5) is 43.7. The molecule has 1 atom stereocenters. The molecule has 1 aromatic heterocycles. The Morgan fingerprint density at radius 1 is 0.881 bits per heavy atom. The largest absolute Gasteiger partial charge is 0.507 e. The van der Waals surface area contributed by atoms with E-state index in [1.54, 1.807) is 49.6 Å². The maximum Gasteiger partial charge on any atom is 0.337 e. The molecule has 10 heteroatoms. The first kappa shape index (κ1) is 28.3. The molecule has 0 unspecified atom stereocenters. The SMILES string of the molecule is COC(=O)c1ccc([C@@H]2C(=C(O)c3ccc(OC)c(OC)c3)C(=O)C(=O)N2CCc2c[nH]c3ccc(OC)cc23)cc1.